The average Bonchev–Trinajstić information content (AvgIpc) is 2.95. The van der Waals surface area contributed by atoms with E-state index in [1.54, 1.807) is 24.3 Å². The van der Waals surface area contributed by atoms with E-state index in [0.717, 1.165) is 29.9 Å². The number of anilines is 2. The van der Waals surface area contributed by atoms with Gasteiger partial charge in [0.05, 0.1) is 6.61 Å². The lowest BCUT2D eigenvalue weighted by molar-refractivity contribution is 0.102. The summed E-state index contributed by atoms with van der Waals surface area (Å²) in [6.45, 7) is 0.938. The predicted octanol–water partition coefficient (Wildman–Crippen LogP) is 2.40. The van der Waals surface area contributed by atoms with Crippen LogP contribution in [0.15, 0.2) is 42.5 Å². The molecule has 0 radical (unpaired) electrons. The maximum Gasteiger partial charge on any atom is 0.255 e. The molecule has 4 nitrogen and oxygen atoms in total. The van der Waals surface area contributed by atoms with Crippen LogP contribution in [0.5, 0.6) is 0 Å². The lowest BCUT2D eigenvalue weighted by Crippen LogP contribution is -2.12. The number of rotatable bonds is 3. The Bertz CT molecular complexity index is 635. The maximum atomic E-state index is 12.2. The fourth-order valence-electron chi connectivity index (χ4n) is 2.33. The molecule has 3 N–H and O–H groups in total. The van der Waals surface area contributed by atoms with Gasteiger partial charge in [-0.2, -0.15) is 0 Å². The van der Waals surface area contributed by atoms with Gasteiger partial charge < -0.3 is 15.7 Å². The summed E-state index contributed by atoms with van der Waals surface area (Å²) >= 11 is 0. The third-order valence-electron chi connectivity index (χ3n) is 3.48. The molecule has 1 aliphatic rings. The van der Waals surface area contributed by atoms with Crippen molar-refractivity contribution in [1.29, 1.82) is 0 Å². The van der Waals surface area contributed by atoms with Gasteiger partial charge in [0.1, 0.15) is 0 Å². The molecule has 0 spiro atoms. The molecule has 20 heavy (non-hydrogen) atoms. The average molecular weight is 268 g/mol. The van der Waals surface area contributed by atoms with Crippen LogP contribution < -0.4 is 10.6 Å². The van der Waals surface area contributed by atoms with Crippen LogP contribution in [-0.4, -0.2) is 17.6 Å². The molecule has 102 valence electrons. The van der Waals surface area contributed by atoms with Crippen molar-refractivity contribution >= 4 is 17.3 Å². The first-order valence-corrected chi connectivity index (χ1v) is 6.64. The molecular weight excluding hydrogens is 252 g/mol. The number of amides is 1. The highest BCUT2D eigenvalue weighted by molar-refractivity contribution is 6.05. The molecule has 0 saturated heterocycles. The Hall–Kier alpha value is -2.33. The minimum Gasteiger partial charge on any atom is -0.392 e. The second-order valence-corrected chi connectivity index (χ2v) is 4.86. The van der Waals surface area contributed by atoms with Gasteiger partial charge in [-0.1, -0.05) is 18.2 Å². The molecule has 3 rings (SSSR count). The highest BCUT2D eigenvalue weighted by Crippen LogP contribution is 2.23. The number of aliphatic hydroxyl groups excluding tert-OH is 1. The third kappa shape index (κ3) is 2.51. The van der Waals surface area contributed by atoms with Crippen molar-refractivity contribution in [3.05, 3.63) is 59.2 Å². The molecule has 4 heteroatoms. The van der Waals surface area contributed by atoms with E-state index < -0.39 is 0 Å². The standard InChI is InChI=1S/C16H16N2O2/c19-10-11-1-5-14(6-2-11)18-16(20)13-4-3-12-7-8-17-15(12)9-13/h1-6,9,17,19H,7-8,10H2,(H,18,20). The molecule has 0 fully saturated rings. The summed E-state index contributed by atoms with van der Waals surface area (Å²) in [5.74, 6) is -0.127. The van der Waals surface area contributed by atoms with Crippen LogP contribution in [0.3, 0.4) is 0 Å². The summed E-state index contributed by atoms with van der Waals surface area (Å²) in [5, 5.41) is 15.1. The van der Waals surface area contributed by atoms with Crippen LogP contribution in [0.25, 0.3) is 0 Å². The van der Waals surface area contributed by atoms with Crippen molar-refractivity contribution in [1.82, 2.24) is 0 Å². The maximum absolute atomic E-state index is 12.2. The van der Waals surface area contributed by atoms with Crippen LogP contribution in [0.1, 0.15) is 21.5 Å². The van der Waals surface area contributed by atoms with Gasteiger partial charge in [0.15, 0.2) is 0 Å². The van der Waals surface area contributed by atoms with Crippen molar-refractivity contribution in [2.24, 2.45) is 0 Å². The summed E-state index contributed by atoms with van der Waals surface area (Å²) in [6.07, 6.45) is 1.01. The Balaban J connectivity index is 1.75. The van der Waals surface area contributed by atoms with Crippen molar-refractivity contribution in [3.8, 4) is 0 Å². The fraction of sp³-hybridized carbons (Fsp3) is 0.188. The number of fused-ring (bicyclic) bond motifs is 1. The lowest BCUT2D eigenvalue weighted by atomic mass is 10.1. The number of nitrogens with one attached hydrogen (secondary N) is 2. The van der Waals surface area contributed by atoms with Gasteiger partial charge in [0.25, 0.3) is 5.91 Å². The van der Waals surface area contributed by atoms with Crippen molar-refractivity contribution < 1.29 is 9.90 Å². The number of carbonyl (C=O) groups is 1. The summed E-state index contributed by atoms with van der Waals surface area (Å²) in [6, 6.07) is 12.9. The summed E-state index contributed by atoms with van der Waals surface area (Å²) < 4.78 is 0. The Morgan fingerprint density at radius 2 is 2.00 bits per heavy atom. The van der Waals surface area contributed by atoms with E-state index in [2.05, 4.69) is 10.6 Å². The SMILES string of the molecule is O=C(Nc1ccc(CO)cc1)c1ccc2c(c1)NCC2. The highest BCUT2D eigenvalue weighted by Gasteiger charge is 2.13. The van der Waals surface area contributed by atoms with Crippen LogP contribution in [-0.2, 0) is 13.0 Å². The summed E-state index contributed by atoms with van der Waals surface area (Å²) in [5.41, 5.74) is 4.50. The van der Waals surface area contributed by atoms with Crippen LogP contribution in [0.4, 0.5) is 11.4 Å². The molecular formula is C16H16N2O2. The second kappa shape index (κ2) is 5.35. The largest absolute Gasteiger partial charge is 0.392 e. The first kappa shape index (κ1) is 12.7. The van der Waals surface area contributed by atoms with Crippen LogP contribution in [0.2, 0.25) is 0 Å². The summed E-state index contributed by atoms with van der Waals surface area (Å²) in [4.78, 5) is 12.2. The zero-order chi connectivity index (χ0) is 13.9. The molecule has 0 aromatic heterocycles. The Morgan fingerprint density at radius 3 is 2.75 bits per heavy atom. The molecule has 0 aliphatic carbocycles. The number of hydrogen-bond acceptors (Lipinski definition) is 3. The minimum atomic E-state index is -0.127. The number of hydrogen-bond donors (Lipinski definition) is 3. The van der Waals surface area contributed by atoms with Crippen molar-refractivity contribution in [3.63, 3.8) is 0 Å². The molecule has 1 amide bonds. The second-order valence-electron chi connectivity index (χ2n) is 4.86. The zero-order valence-corrected chi connectivity index (χ0v) is 11.0. The van der Waals surface area contributed by atoms with Crippen LogP contribution >= 0.6 is 0 Å². The minimum absolute atomic E-state index is 0.00468. The van der Waals surface area contributed by atoms with E-state index in [1.165, 1.54) is 5.56 Å². The fourth-order valence-corrected chi connectivity index (χ4v) is 2.33. The third-order valence-corrected chi connectivity index (χ3v) is 3.48. The first-order chi connectivity index (χ1) is 9.76. The molecule has 0 unspecified atom stereocenters. The van der Waals surface area contributed by atoms with E-state index in [-0.39, 0.29) is 12.5 Å². The predicted molar refractivity (Wildman–Crippen MR) is 79.0 cm³/mol. The Morgan fingerprint density at radius 1 is 1.20 bits per heavy atom. The zero-order valence-electron chi connectivity index (χ0n) is 11.0. The van der Waals surface area contributed by atoms with Gasteiger partial charge in [-0.3, -0.25) is 4.79 Å². The molecule has 2 aromatic carbocycles. The van der Waals surface area contributed by atoms with E-state index in [0.29, 0.717) is 5.56 Å². The van der Waals surface area contributed by atoms with Gasteiger partial charge in [-0.25, -0.2) is 0 Å². The van der Waals surface area contributed by atoms with Gasteiger partial charge in [0, 0.05) is 23.5 Å². The van der Waals surface area contributed by atoms with Crippen LogP contribution in [0, 0.1) is 0 Å². The monoisotopic (exact) mass is 268 g/mol. The van der Waals surface area contributed by atoms with Gasteiger partial charge in [-0.05, 0) is 41.8 Å². The number of aliphatic hydroxyl groups is 1. The normalized spacial score (nSPS) is 12.7. The Kier molecular flexibility index (Phi) is 3.39. The summed E-state index contributed by atoms with van der Waals surface area (Å²) in [7, 11) is 0. The molecule has 1 aliphatic heterocycles. The number of benzene rings is 2. The van der Waals surface area contributed by atoms with Gasteiger partial charge in [-0.15, -0.1) is 0 Å². The van der Waals surface area contributed by atoms with E-state index in [9.17, 15) is 4.79 Å². The van der Waals surface area contributed by atoms with E-state index in [4.69, 9.17) is 5.11 Å². The van der Waals surface area contributed by atoms with Gasteiger partial charge in [0.2, 0.25) is 0 Å². The van der Waals surface area contributed by atoms with E-state index in [1.807, 2.05) is 18.2 Å². The topological polar surface area (TPSA) is 61.4 Å². The van der Waals surface area contributed by atoms with E-state index >= 15 is 0 Å². The molecule has 2 aromatic rings. The highest BCUT2D eigenvalue weighted by atomic mass is 16.3. The first-order valence-electron chi connectivity index (χ1n) is 6.64. The lowest BCUT2D eigenvalue weighted by Gasteiger charge is -2.07. The molecule has 0 saturated carbocycles. The van der Waals surface area contributed by atoms with Gasteiger partial charge >= 0.3 is 0 Å². The molecule has 0 atom stereocenters. The molecule has 0 bridgehead atoms. The Labute approximate surface area is 117 Å². The van der Waals surface area contributed by atoms with Crippen molar-refractivity contribution in [2.75, 3.05) is 17.2 Å². The van der Waals surface area contributed by atoms with Crippen molar-refractivity contribution in [2.45, 2.75) is 13.0 Å². The quantitative estimate of drug-likeness (QED) is 0.801. The molecule has 1 heterocycles. The smallest absolute Gasteiger partial charge is 0.255 e. The number of carbonyl (C=O) groups excluding carboxylic acids is 1.